The van der Waals surface area contributed by atoms with E-state index in [0.717, 1.165) is 45.4 Å². The maximum atomic E-state index is 11.8. The van der Waals surface area contributed by atoms with Crippen LogP contribution in [0.1, 0.15) is 35.9 Å². The Morgan fingerprint density at radius 3 is 3.09 bits per heavy atom. The zero-order valence-electron chi connectivity index (χ0n) is 13.1. The highest BCUT2D eigenvalue weighted by atomic mass is 32.1. The van der Waals surface area contributed by atoms with Crippen molar-refractivity contribution in [2.75, 3.05) is 13.1 Å². The SMILES string of the molecule is O=C(NCCC1CN(Cc2cccs2)Cc2ccnn21)C1CC1. The maximum absolute atomic E-state index is 11.8. The predicted octanol–water partition coefficient (Wildman–Crippen LogP) is 2.42. The molecule has 1 unspecified atom stereocenters. The van der Waals surface area contributed by atoms with Crippen LogP contribution in [0.2, 0.25) is 0 Å². The molecule has 3 heterocycles. The highest BCUT2D eigenvalue weighted by Crippen LogP contribution is 2.29. The standard InChI is InChI=1S/C17H22N4OS/c22-17(13-3-4-13)18-7-5-14-10-20(12-16-2-1-9-23-16)11-15-6-8-19-21(14)15/h1-2,6,8-9,13-14H,3-5,7,10-12H2,(H,18,22). The summed E-state index contributed by atoms with van der Waals surface area (Å²) in [5.74, 6) is 0.522. The van der Waals surface area contributed by atoms with Crippen LogP contribution in [0.15, 0.2) is 29.8 Å². The number of nitrogens with one attached hydrogen (secondary N) is 1. The second-order valence-electron chi connectivity index (χ2n) is 6.52. The molecule has 1 atom stereocenters. The molecule has 1 fully saturated rings. The number of rotatable bonds is 6. The van der Waals surface area contributed by atoms with Gasteiger partial charge in [0.15, 0.2) is 0 Å². The molecule has 4 rings (SSSR count). The van der Waals surface area contributed by atoms with E-state index in [0.29, 0.717) is 6.04 Å². The van der Waals surface area contributed by atoms with Crippen LogP contribution < -0.4 is 5.32 Å². The van der Waals surface area contributed by atoms with E-state index in [9.17, 15) is 4.79 Å². The molecule has 1 aliphatic heterocycles. The van der Waals surface area contributed by atoms with E-state index < -0.39 is 0 Å². The van der Waals surface area contributed by atoms with Crippen LogP contribution >= 0.6 is 11.3 Å². The highest BCUT2D eigenvalue weighted by molar-refractivity contribution is 7.09. The average Bonchev–Trinajstić information content (AvgIpc) is 3.07. The average molecular weight is 330 g/mol. The Hall–Kier alpha value is -1.66. The van der Waals surface area contributed by atoms with Crippen LogP contribution in [0.25, 0.3) is 0 Å². The van der Waals surface area contributed by atoms with E-state index in [4.69, 9.17) is 0 Å². The minimum atomic E-state index is 0.233. The first-order valence-electron chi connectivity index (χ1n) is 8.34. The lowest BCUT2D eigenvalue weighted by atomic mass is 10.1. The Kier molecular flexibility index (Phi) is 4.18. The fraction of sp³-hybridized carbons (Fsp3) is 0.529. The summed E-state index contributed by atoms with van der Waals surface area (Å²) in [5.41, 5.74) is 1.27. The number of hydrogen-bond acceptors (Lipinski definition) is 4. The lowest BCUT2D eigenvalue weighted by molar-refractivity contribution is -0.122. The van der Waals surface area contributed by atoms with Crippen LogP contribution in [0.5, 0.6) is 0 Å². The molecule has 0 aromatic carbocycles. The number of thiophene rings is 1. The molecule has 122 valence electrons. The van der Waals surface area contributed by atoms with Crippen molar-refractivity contribution in [1.29, 1.82) is 0 Å². The number of hydrogen-bond donors (Lipinski definition) is 1. The summed E-state index contributed by atoms with van der Waals surface area (Å²) in [5, 5.41) is 9.71. The van der Waals surface area contributed by atoms with Crippen molar-refractivity contribution < 1.29 is 4.79 Å². The van der Waals surface area contributed by atoms with Crippen molar-refractivity contribution >= 4 is 17.2 Å². The molecule has 23 heavy (non-hydrogen) atoms. The smallest absolute Gasteiger partial charge is 0.223 e. The summed E-state index contributed by atoms with van der Waals surface area (Å²) >= 11 is 1.81. The molecule has 1 N–H and O–H groups in total. The van der Waals surface area contributed by atoms with Gasteiger partial charge in [0.25, 0.3) is 0 Å². The Labute approximate surface area is 140 Å². The molecule has 0 spiro atoms. The van der Waals surface area contributed by atoms with E-state index in [1.54, 1.807) is 0 Å². The molecule has 1 aliphatic carbocycles. The normalized spacial score (nSPS) is 21.1. The van der Waals surface area contributed by atoms with Gasteiger partial charge in [-0.05, 0) is 36.8 Å². The Morgan fingerprint density at radius 2 is 2.30 bits per heavy atom. The van der Waals surface area contributed by atoms with Gasteiger partial charge in [0.2, 0.25) is 5.91 Å². The van der Waals surface area contributed by atoms with Gasteiger partial charge >= 0.3 is 0 Å². The second-order valence-corrected chi connectivity index (χ2v) is 7.56. The van der Waals surface area contributed by atoms with Gasteiger partial charge in [-0.2, -0.15) is 5.10 Å². The molecule has 2 aromatic rings. The van der Waals surface area contributed by atoms with Gasteiger partial charge in [-0.3, -0.25) is 14.4 Å². The van der Waals surface area contributed by atoms with Crippen LogP contribution in [-0.2, 0) is 17.9 Å². The van der Waals surface area contributed by atoms with Crippen molar-refractivity contribution in [3.63, 3.8) is 0 Å². The number of fused-ring (bicyclic) bond motifs is 1. The molecule has 1 amide bonds. The zero-order chi connectivity index (χ0) is 15.6. The van der Waals surface area contributed by atoms with Gasteiger partial charge in [-0.15, -0.1) is 11.3 Å². The van der Waals surface area contributed by atoms with E-state index in [1.165, 1.54) is 10.6 Å². The fourth-order valence-corrected chi connectivity index (χ4v) is 4.02. The quantitative estimate of drug-likeness (QED) is 0.885. The van der Waals surface area contributed by atoms with E-state index in [1.807, 2.05) is 17.5 Å². The van der Waals surface area contributed by atoms with Gasteiger partial charge in [0.1, 0.15) is 0 Å². The Morgan fingerprint density at radius 1 is 1.39 bits per heavy atom. The Bertz CT molecular complexity index is 662. The molecule has 5 nitrogen and oxygen atoms in total. The lowest BCUT2D eigenvalue weighted by Gasteiger charge is -2.33. The van der Waals surface area contributed by atoms with E-state index in [-0.39, 0.29) is 11.8 Å². The molecule has 6 heteroatoms. The largest absolute Gasteiger partial charge is 0.356 e. The first kappa shape index (κ1) is 14.9. The van der Waals surface area contributed by atoms with Crippen LogP contribution in [0, 0.1) is 5.92 Å². The second kappa shape index (κ2) is 6.45. The van der Waals surface area contributed by atoms with Gasteiger partial charge in [0.05, 0.1) is 11.7 Å². The third kappa shape index (κ3) is 3.48. The molecule has 2 aromatic heterocycles. The number of carbonyl (C=O) groups excluding carboxylic acids is 1. The lowest BCUT2D eigenvalue weighted by Crippen LogP contribution is -2.39. The van der Waals surface area contributed by atoms with E-state index in [2.05, 4.69) is 43.6 Å². The molecule has 1 saturated carbocycles. The minimum absolute atomic E-state index is 0.233. The van der Waals surface area contributed by atoms with Gasteiger partial charge in [-0.1, -0.05) is 6.07 Å². The van der Waals surface area contributed by atoms with Crippen molar-refractivity contribution in [3.05, 3.63) is 40.3 Å². The molecule has 0 radical (unpaired) electrons. The maximum Gasteiger partial charge on any atom is 0.223 e. The monoisotopic (exact) mass is 330 g/mol. The number of carbonyl (C=O) groups is 1. The summed E-state index contributed by atoms with van der Waals surface area (Å²) in [6.07, 6.45) is 4.95. The van der Waals surface area contributed by atoms with Crippen molar-refractivity contribution in [2.24, 2.45) is 5.92 Å². The Balaban J connectivity index is 1.37. The molecule has 0 saturated heterocycles. The van der Waals surface area contributed by atoms with Crippen LogP contribution in [0.3, 0.4) is 0 Å². The van der Waals surface area contributed by atoms with Crippen molar-refractivity contribution in [1.82, 2.24) is 20.0 Å². The third-order valence-corrected chi connectivity index (χ3v) is 5.50. The third-order valence-electron chi connectivity index (χ3n) is 4.64. The summed E-state index contributed by atoms with van der Waals surface area (Å²) in [6.45, 7) is 3.68. The topological polar surface area (TPSA) is 50.2 Å². The van der Waals surface area contributed by atoms with Crippen LogP contribution in [0.4, 0.5) is 0 Å². The molecule has 2 aliphatic rings. The van der Waals surface area contributed by atoms with Gasteiger partial charge in [-0.25, -0.2) is 0 Å². The zero-order valence-corrected chi connectivity index (χ0v) is 14.0. The predicted molar refractivity (Wildman–Crippen MR) is 90.0 cm³/mol. The van der Waals surface area contributed by atoms with Gasteiger partial charge in [0, 0.05) is 43.2 Å². The van der Waals surface area contributed by atoms with Crippen molar-refractivity contribution in [3.8, 4) is 0 Å². The van der Waals surface area contributed by atoms with Crippen LogP contribution in [-0.4, -0.2) is 33.7 Å². The summed E-state index contributed by atoms with van der Waals surface area (Å²) < 4.78 is 2.15. The van der Waals surface area contributed by atoms with Crippen molar-refractivity contribution in [2.45, 2.75) is 38.4 Å². The number of aromatic nitrogens is 2. The fourth-order valence-electron chi connectivity index (χ4n) is 3.27. The first-order chi connectivity index (χ1) is 11.3. The molecular weight excluding hydrogens is 308 g/mol. The first-order valence-corrected chi connectivity index (χ1v) is 9.22. The van der Waals surface area contributed by atoms with E-state index >= 15 is 0 Å². The number of nitrogens with zero attached hydrogens (tertiary/aromatic N) is 3. The highest BCUT2D eigenvalue weighted by Gasteiger charge is 2.30. The number of amides is 1. The molecular formula is C17H22N4OS. The minimum Gasteiger partial charge on any atom is -0.356 e. The molecule has 0 bridgehead atoms. The summed E-state index contributed by atoms with van der Waals surface area (Å²) in [7, 11) is 0. The summed E-state index contributed by atoms with van der Waals surface area (Å²) in [4.78, 5) is 15.7. The summed E-state index contributed by atoms with van der Waals surface area (Å²) in [6, 6.07) is 6.75. The van der Waals surface area contributed by atoms with Gasteiger partial charge < -0.3 is 5.32 Å².